The van der Waals surface area contributed by atoms with Gasteiger partial charge in [-0.15, -0.1) is 0 Å². The van der Waals surface area contributed by atoms with Crippen molar-refractivity contribution in [2.45, 2.75) is 76.8 Å². The molecule has 2 amide bonds. The molecular formula is C20H32N4O3. The van der Waals surface area contributed by atoms with Crippen LogP contribution in [0, 0.1) is 5.92 Å². The molecule has 0 saturated heterocycles. The minimum absolute atomic E-state index is 0.106. The quantitative estimate of drug-likeness (QED) is 0.575. The Morgan fingerprint density at radius 3 is 2.41 bits per heavy atom. The van der Waals surface area contributed by atoms with Crippen LogP contribution in [0.15, 0.2) is 10.6 Å². The van der Waals surface area contributed by atoms with Crippen LogP contribution >= 0.6 is 0 Å². The van der Waals surface area contributed by atoms with Crippen molar-refractivity contribution < 1.29 is 14.1 Å². The highest BCUT2D eigenvalue weighted by atomic mass is 16.5. The monoisotopic (exact) mass is 376 g/mol. The largest absolute Gasteiger partial charge is 0.360 e. The van der Waals surface area contributed by atoms with Gasteiger partial charge in [0, 0.05) is 37.0 Å². The first-order valence-electron chi connectivity index (χ1n) is 10.3. The molecule has 3 rings (SSSR count). The third-order valence-electron chi connectivity index (χ3n) is 5.25. The maximum absolute atomic E-state index is 12.3. The minimum Gasteiger partial charge on any atom is -0.360 e. The number of hydrogen-bond donors (Lipinski definition) is 3. The topological polar surface area (TPSA) is 96.3 Å². The number of carbonyl (C=O) groups is 2. The summed E-state index contributed by atoms with van der Waals surface area (Å²) in [6.07, 6.45) is 6.29. The molecule has 1 aromatic heterocycles. The fraction of sp³-hybridized carbons (Fsp3) is 0.750. The molecule has 0 spiro atoms. The number of carbonyl (C=O) groups excluding carboxylic acids is 2. The number of nitrogens with zero attached hydrogens (tertiary/aromatic N) is 1. The Hall–Kier alpha value is -1.89. The first-order chi connectivity index (χ1) is 13.0. The van der Waals surface area contributed by atoms with Gasteiger partial charge in [0.15, 0.2) is 5.69 Å². The molecule has 7 nitrogen and oxygen atoms in total. The highest BCUT2D eigenvalue weighted by molar-refractivity contribution is 5.92. The zero-order valence-electron chi connectivity index (χ0n) is 16.4. The van der Waals surface area contributed by atoms with Crippen LogP contribution in [0.3, 0.4) is 0 Å². The van der Waals surface area contributed by atoms with E-state index in [1.807, 2.05) is 0 Å². The van der Waals surface area contributed by atoms with E-state index in [0.29, 0.717) is 24.0 Å². The molecule has 27 heavy (non-hydrogen) atoms. The van der Waals surface area contributed by atoms with Crippen LogP contribution in [0.2, 0.25) is 0 Å². The molecule has 0 atom stereocenters. The van der Waals surface area contributed by atoms with Crippen molar-refractivity contribution in [3.8, 4) is 0 Å². The molecule has 7 heteroatoms. The summed E-state index contributed by atoms with van der Waals surface area (Å²) in [6.45, 7) is 5.96. The second kappa shape index (κ2) is 9.35. The van der Waals surface area contributed by atoms with Gasteiger partial charge in [0.25, 0.3) is 5.91 Å². The molecular weight excluding hydrogens is 344 g/mol. The van der Waals surface area contributed by atoms with E-state index in [1.165, 1.54) is 0 Å². The second-order valence-corrected chi connectivity index (χ2v) is 8.33. The second-order valence-electron chi connectivity index (χ2n) is 8.33. The highest BCUT2D eigenvalue weighted by Gasteiger charge is 2.30. The normalized spacial score (nSPS) is 22.6. The van der Waals surface area contributed by atoms with Crippen molar-refractivity contribution in [2.24, 2.45) is 5.92 Å². The summed E-state index contributed by atoms with van der Waals surface area (Å²) < 4.78 is 5.25. The number of rotatable bonds is 9. The summed E-state index contributed by atoms with van der Waals surface area (Å²) in [5, 5.41) is 13.3. The zero-order chi connectivity index (χ0) is 19.2. The Kier molecular flexibility index (Phi) is 6.88. The Labute approximate surface area is 161 Å². The third-order valence-corrected chi connectivity index (χ3v) is 5.25. The first kappa shape index (κ1) is 19.9. The van der Waals surface area contributed by atoms with Gasteiger partial charge in [-0.05, 0) is 51.0 Å². The smallest absolute Gasteiger partial charge is 0.273 e. The van der Waals surface area contributed by atoms with Crippen LogP contribution in [-0.4, -0.2) is 42.1 Å². The van der Waals surface area contributed by atoms with Gasteiger partial charge < -0.3 is 20.5 Å². The van der Waals surface area contributed by atoms with Crippen LogP contribution in [-0.2, 0) is 4.79 Å². The molecule has 0 unspecified atom stereocenters. The zero-order valence-corrected chi connectivity index (χ0v) is 16.4. The molecule has 0 bridgehead atoms. The summed E-state index contributed by atoms with van der Waals surface area (Å²) in [5.41, 5.74) is 0.376. The van der Waals surface area contributed by atoms with E-state index in [-0.39, 0.29) is 23.9 Å². The predicted molar refractivity (Wildman–Crippen MR) is 102 cm³/mol. The van der Waals surface area contributed by atoms with Crippen molar-refractivity contribution >= 4 is 11.8 Å². The maximum atomic E-state index is 12.3. The Morgan fingerprint density at radius 2 is 1.78 bits per heavy atom. The van der Waals surface area contributed by atoms with Crippen LogP contribution in [0.5, 0.6) is 0 Å². The number of amides is 2. The lowest BCUT2D eigenvalue weighted by molar-refractivity contribution is -0.121. The third kappa shape index (κ3) is 6.34. The van der Waals surface area contributed by atoms with E-state index in [1.54, 1.807) is 6.07 Å². The van der Waals surface area contributed by atoms with Gasteiger partial charge in [0.1, 0.15) is 5.76 Å². The van der Waals surface area contributed by atoms with Gasteiger partial charge >= 0.3 is 0 Å². The molecule has 0 aliphatic heterocycles. The highest BCUT2D eigenvalue weighted by Crippen LogP contribution is 2.40. The fourth-order valence-corrected chi connectivity index (χ4v) is 3.49. The van der Waals surface area contributed by atoms with Crippen molar-refractivity contribution in [1.29, 1.82) is 0 Å². The SMILES string of the molecule is CC(C)CNCCC(=O)N[C@H]1CC[C@H](NC(=O)c2cc(C3CC3)on2)CC1. The van der Waals surface area contributed by atoms with Gasteiger partial charge in [0.2, 0.25) is 5.91 Å². The lowest BCUT2D eigenvalue weighted by atomic mass is 9.91. The standard InChI is InChI=1S/C20H32N4O3/c1-13(2)12-21-10-9-19(25)22-15-5-7-16(8-6-15)23-20(26)17-11-18(27-24-17)14-3-4-14/h11,13-16,21H,3-10,12H2,1-2H3,(H,22,25)(H,23,26)/t15-,16-. The molecule has 2 aliphatic rings. The van der Waals surface area contributed by atoms with Gasteiger partial charge in [-0.25, -0.2) is 0 Å². The fourth-order valence-electron chi connectivity index (χ4n) is 3.49. The van der Waals surface area contributed by atoms with Crippen LogP contribution in [0.4, 0.5) is 0 Å². The number of hydrogen-bond acceptors (Lipinski definition) is 5. The molecule has 3 N–H and O–H groups in total. The maximum Gasteiger partial charge on any atom is 0.273 e. The molecule has 0 aromatic carbocycles. The summed E-state index contributed by atoms with van der Waals surface area (Å²) >= 11 is 0. The Bertz CT molecular complexity index is 631. The van der Waals surface area contributed by atoms with Crippen molar-refractivity contribution in [3.63, 3.8) is 0 Å². The van der Waals surface area contributed by atoms with Crippen molar-refractivity contribution in [1.82, 2.24) is 21.1 Å². The van der Waals surface area contributed by atoms with Crippen LogP contribution in [0.1, 0.15) is 81.0 Å². The average Bonchev–Trinajstić information content (AvgIpc) is 3.37. The summed E-state index contributed by atoms with van der Waals surface area (Å²) in [6, 6.07) is 2.12. The molecule has 0 radical (unpaired) electrons. The molecule has 2 fully saturated rings. The van der Waals surface area contributed by atoms with Gasteiger partial charge in [-0.3, -0.25) is 9.59 Å². The van der Waals surface area contributed by atoms with Gasteiger partial charge in [0.05, 0.1) is 0 Å². The molecule has 1 aromatic rings. The van der Waals surface area contributed by atoms with E-state index >= 15 is 0 Å². The molecule has 150 valence electrons. The minimum atomic E-state index is -0.158. The Balaban J connectivity index is 1.32. The molecule has 1 heterocycles. The van der Waals surface area contributed by atoms with Gasteiger partial charge in [-0.2, -0.15) is 0 Å². The predicted octanol–water partition coefficient (Wildman–Crippen LogP) is 2.34. The number of nitrogens with one attached hydrogen (secondary N) is 3. The first-order valence-corrected chi connectivity index (χ1v) is 10.3. The van der Waals surface area contributed by atoms with E-state index in [4.69, 9.17) is 4.52 Å². The average molecular weight is 377 g/mol. The molecule has 2 aliphatic carbocycles. The summed E-state index contributed by atoms with van der Waals surface area (Å²) in [5.74, 6) is 1.83. The van der Waals surface area contributed by atoms with Gasteiger partial charge in [-0.1, -0.05) is 19.0 Å². The Morgan fingerprint density at radius 1 is 1.11 bits per heavy atom. The summed E-state index contributed by atoms with van der Waals surface area (Å²) in [4.78, 5) is 24.3. The van der Waals surface area contributed by atoms with Crippen molar-refractivity contribution in [3.05, 3.63) is 17.5 Å². The lowest BCUT2D eigenvalue weighted by Gasteiger charge is -2.29. The van der Waals surface area contributed by atoms with E-state index in [9.17, 15) is 9.59 Å². The van der Waals surface area contributed by atoms with Crippen molar-refractivity contribution in [2.75, 3.05) is 13.1 Å². The lowest BCUT2D eigenvalue weighted by Crippen LogP contribution is -2.44. The summed E-state index contributed by atoms with van der Waals surface area (Å²) in [7, 11) is 0. The van der Waals surface area contributed by atoms with E-state index in [2.05, 4.69) is 35.0 Å². The van der Waals surface area contributed by atoms with Crippen LogP contribution in [0.25, 0.3) is 0 Å². The number of aromatic nitrogens is 1. The van der Waals surface area contributed by atoms with E-state index < -0.39 is 0 Å². The molecule has 2 saturated carbocycles. The van der Waals surface area contributed by atoms with Crippen LogP contribution < -0.4 is 16.0 Å². The van der Waals surface area contributed by atoms with E-state index in [0.717, 1.165) is 57.4 Å².